The second-order valence-electron chi connectivity index (χ2n) is 7.18. The van der Waals surface area contributed by atoms with Crippen LogP contribution in [-0.4, -0.2) is 39.8 Å². The molecule has 2 N–H and O–H groups in total. The van der Waals surface area contributed by atoms with E-state index in [0.29, 0.717) is 17.2 Å². The smallest absolute Gasteiger partial charge is 0.243 e. The van der Waals surface area contributed by atoms with Crippen LogP contribution in [-0.2, 0) is 4.79 Å². The van der Waals surface area contributed by atoms with Crippen molar-refractivity contribution in [2.24, 2.45) is 5.92 Å². The van der Waals surface area contributed by atoms with Crippen molar-refractivity contribution in [3.63, 3.8) is 0 Å². The van der Waals surface area contributed by atoms with E-state index in [0.717, 1.165) is 24.7 Å². The van der Waals surface area contributed by atoms with Gasteiger partial charge in [-0.3, -0.25) is 4.79 Å². The average molecular weight is 383 g/mol. The fraction of sp³-hybridized carbons (Fsp3) is 0.409. The van der Waals surface area contributed by atoms with Crippen LogP contribution in [0.2, 0.25) is 0 Å². The highest BCUT2D eigenvalue weighted by Crippen LogP contribution is 2.29. The summed E-state index contributed by atoms with van der Waals surface area (Å²) in [5.41, 5.74) is 2.72. The molecule has 1 fully saturated rings. The van der Waals surface area contributed by atoms with Crippen molar-refractivity contribution in [2.75, 3.05) is 49.4 Å². The highest BCUT2D eigenvalue weighted by atomic mass is 16.5. The van der Waals surface area contributed by atoms with Crippen molar-refractivity contribution in [3.05, 3.63) is 42.5 Å². The molecule has 1 aliphatic heterocycles. The van der Waals surface area contributed by atoms with Crippen molar-refractivity contribution < 1.29 is 14.3 Å². The maximum absolute atomic E-state index is 12.3. The first kappa shape index (κ1) is 19.9. The largest absolute Gasteiger partial charge is 0.497 e. The van der Waals surface area contributed by atoms with Gasteiger partial charge >= 0.3 is 0 Å². The minimum atomic E-state index is -0.121. The fourth-order valence-electron chi connectivity index (χ4n) is 3.36. The summed E-state index contributed by atoms with van der Waals surface area (Å²) < 4.78 is 10.5. The molecule has 0 bridgehead atoms. The first-order chi connectivity index (χ1) is 13.6. The topological polar surface area (TPSA) is 62.8 Å². The molecule has 0 atom stereocenters. The number of carbonyl (C=O) groups is 1. The number of ether oxygens (including phenoxy) is 2. The van der Waals surface area contributed by atoms with E-state index in [-0.39, 0.29) is 12.5 Å². The molecule has 1 heterocycles. The van der Waals surface area contributed by atoms with E-state index in [2.05, 4.69) is 34.6 Å². The molecule has 1 saturated heterocycles. The number of piperidine rings is 1. The second kappa shape index (κ2) is 9.35. The summed E-state index contributed by atoms with van der Waals surface area (Å²) in [6.45, 7) is 4.64. The van der Waals surface area contributed by atoms with Gasteiger partial charge in [0.2, 0.25) is 5.91 Å². The summed E-state index contributed by atoms with van der Waals surface area (Å²) in [5.74, 6) is 2.05. The number of nitrogens with one attached hydrogen (secondary N) is 2. The van der Waals surface area contributed by atoms with Gasteiger partial charge in [0.25, 0.3) is 0 Å². The molecule has 6 heteroatoms. The van der Waals surface area contributed by atoms with Gasteiger partial charge in [0, 0.05) is 30.5 Å². The molecular weight excluding hydrogens is 354 g/mol. The number of methoxy groups -OCH3 is 2. The zero-order chi connectivity index (χ0) is 19.9. The summed E-state index contributed by atoms with van der Waals surface area (Å²) in [6.07, 6.45) is 2.47. The van der Waals surface area contributed by atoms with E-state index in [1.165, 1.54) is 18.5 Å². The molecule has 150 valence electrons. The molecule has 2 aromatic carbocycles. The van der Waals surface area contributed by atoms with E-state index in [1.54, 1.807) is 26.4 Å². The van der Waals surface area contributed by atoms with Crippen molar-refractivity contribution in [3.8, 4) is 11.5 Å². The average Bonchev–Trinajstić information content (AvgIpc) is 2.73. The first-order valence-corrected chi connectivity index (χ1v) is 9.70. The van der Waals surface area contributed by atoms with E-state index in [9.17, 15) is 4.79 Å². The van der Waals surface area contributed by atoms with Crippen LogP contribution in [0.15, 0.2) is 42.5 Å². The Hall–Kier alpha value is -2.89. The molecule has 0 spiro atoms. The molecule has 0 saturated carbocycles. The van der Waals surface area contributed by atoms with Gasteiger partial charge in [-0.1, -0.05) is 6.92 Å². The Morgan fingerprint density at radius 1 is 1.07 bits per heavy atom. The minimum absolute atomic E-state index is 0.121. The van der Waals surface area contributed by atoms with Crippen LogP contribution < -0.4 is 25.0 Å². The second-order valence-corrected chi connectivity index (χ2v) is 7.18. The van der Waals surface area contributed by atoms with E-state index >= 15 is 0 Å². The number of anilines is 3. The molecule has 0 aliphatic carbocycles. The molecule has 6 nitrogen and oxygen atoms in total. The normalized spacial score (nSPS) is 14.5. The Labute approximate surface area is 166 Å². The summed E-state index contributed by atoms with van der Waals surface area (Å²) in [7, 11) is 3.20. The maximum Gasteiger partial charge on any atom is 0.243 e. The molecule has 0 radical (unpaired) electrons. The SMILES string of the molecule is COc1ccc(OC)c(NCC(=O)Nc2ccc(N3CCC(C)CC3)cc2)c1. The van der Waals surface area contributed by atoms with Gasteiger partial charge in [0.15, 0.2) is 0 Å². The van der Waals surface area contributed by atoms with E-state index in [4.69, 9.17) is 9.47 Å². The number of carbonyl (C=O) groups excluding carboxylic acids is 1. The van der Waals surface area contributed by atoms with Gasteiger partial charge in [-0.15, -0.1) is 0 Å². The summed E-state index contributed by atoms with van der Waals surface area (Å²) in [4.78, 5) is 14.7. The van der Waals surface area contributed by atoms with Crippen LogP contribution in [0.25, 0.3) is 0 Å². The number of benzene rings is 2. The summed E-state index contributed by atoms with van der Waals surface area (Å²) in [5, 5.41) is 6.02. The number of rotatable bonds is 7. The molecule has 28 heavy (non-hydrogen) atoms. The van der Waals surface area contributed by atoms with Gasteiger partial charge in [-0.2, -0.15) is 0 Å². The first-order valence-electron chi connectivity index (χ1n) is 9.70. The van der Waals surface area contributed by atoms with Crippen LogP contribution in [0.1, 0.15) is 19.8 Å². The lowest BCUT2D eigenvalue weighted by molar-refractivity contribution is -0.114. The van der Waals surface area contributed by atoms with Crippen molar-refractivity contribution in [1.82, 2.24) is 0 Å². The van der Waals surface area contributed by atoms with Gasteiger partial charge in [0.1, 0.15) is 11.5 Å². The molecule has 0 unspecified atom stereocenters. The predicted molar refractivity (Wildman–Crippen MR) is 114 cm³/mol. The number of nitrogens with zero attached hydrogens (tertiary/aromatic N) is 1. The number of hydrogen-bond acceptors (Lipinski definition) is 5. The van der Waals surface area contributed by atoms with Crippen LogP contribution in [0.4, 0.5) is 17.1 Å². The third-order valence-corrected chi connectivity index (χ3v) is 5.15. The molecule has 1 amide bonds. The lowest BCUT2D eigenvalue weighted by atomic mass is 9.99. The fourth-order valence-corrected chi connectivity index (χ4v) is 3.36. The third kappa shape index (κ3) is 5.09. The van der Waals surface area contributed by atoms with Crippen molar-refractivity contribution >= 4 is 23.0 Å². The van der Waals surface area contributed by atoms with Crippen molar-refractivity contribution in [1.29, 1.82) is 0 Å². The van der Waals surface area contributed by atoms with Gasteiger partial charge in [-0.25, -0.2) is 0 Å². The van der Waals surface area contributed by atoms with Crippen LogP contribution >= 0.6 is 0 Å². The lowest BCUT2D eigenvalue weighted by Crippen LogP contribution is -2.32. The van der Waals surface area contributed by atoms with E-state index < -0.39 is 0 Å². The zero-order valence-electron chi connectivity index (χ0n) is 16.8. The highest BCUT2D eigenvalue weighted by molar-refractivity contribution is 5.94. The van der Waals surface area contributed by atoms with E-state index in [1.807, 2.05) is 18.2 Å². The number of hydrogen-bond donors (Lipinski definition) is 2. The van der Waals surface area contributed by atoms with Gasteiger partial charge < -0.3 is 25.0 Å². The molecule has 3 rings (SSSR count). The standard InChI is InChI=1S/C22H29N3O3/c1-16-10-12-25(13-11-16)18-6-4-17(5-7-18)24-22(26)15-23-20-14-19(27-2)8-9-21(20)28-3/h4-9,14,16,23H,10-13,15H2,1-3H3,(H,24,26). The zero-order valence-corrected chi connectivity index (χ0v) is 16.8. The van der Waals surface area contributed by atoms with Gasteiger partial charge in [-0.05, 0) is 55.2 Å². The van der Waals surface area contributed by atoms with Gasteiger partial charge in [0.05, 0.1) is 26.5 Å². The van der Waals surface area contributed by atoms with Crippen molar-refractivity contribution in [2.45, 2.75) is 19.8 Å². The maximum atomic E-state index is 12.3. The Morgan fingerprint density at radius 2 is 1.79 bits per heavy atom. The Bertz CT molecular complexity index is 784. The third-order valence-electron chi connectivity index (χ3n) is 5.15. The Kier molecular flexibility index (Phi) is 6.63. The van der Waals surface area contributed by atoms with Crippen LogP contribution in [0, 0.1) is 5.92 Å². The molecule has 0 aromatic heterocycles. The number of amides is 1. The molecule has 1 aliphatic rings. The Balaban J connectivity index is 1.54. The minimum Gasteiger partial charge on any atom is -0.497 e. The quantitative estimate of drug-likeness (QED) is 0.757. The molecule has 2 aromatic rings. The summed E-state index contributed by atoms with van der Waals surface area (Å²) >= 11 is 0. The summed E-state index contributed by atoms with van der Waals surface area (Å²) in [6, 6.07) is 13.5. The lowest BCUT2D eigenvalue weighted by Gasteiger charge is -2.32. The predicted octanol–water partition coefficient (Wildman–Crippen LogP) is 3.99. The highest BCUT2D eigenvalue weighted by Gasteiger charge is 2.16. The van der Waals surface area contributed by atoms with Crippen LogP contribution in [0.5, 0.6) is 11.5 Å². The Morgan fingerprint density at radius 3 is 2.43 bits per heavy atom. The van der Waals surface area contributed by atoms with Crippen LogP contribution in [0.3, 0.4) is 0 Å². The monoisotopic (exact) mass is 383 g/mol. The molecular formula is C22H29N3O3.